The molecular formula is C25H26F2O. The van der Waals surface area contributed by atoms with E-state index in [1.54, 1.807) is 18.2 Å². The number of benzene rings is 3. The molecule has 3 aromatic carbocycles. The van der Waals surface area contributed by atoms with E-state index in [9.17, 15) is 8.78 Å². The largest absolute Gasteiger partial charge is 0.435 e. The van der Waals surface area contributed by atoms with E-state index >= 15 is 0 Å². The second kappa shape index (κ2) is 10.0. The van der Waals surface area contributed by atoms with Gasteiger partial charge in [0.2, 0.25) is 0 Å². The molecule has 146 valence electrons. The van der Waals surface area contributed by atoms with Crippen LogP contribution in [0.5, 0.6) is 5.75 Å². The van der Waals surface area contributed by atoms with Gasteiger partial charge in [-0.25, -0.2) is 0 Å². The van der Waals surface area contributed by atoms with E-state index in [0.717, 1.165) is 35.1 Å². The molecule has 3 rings (SSSR count). The average molecular weight is 380 g/mol. The lowest BCUT2D eigenvalue weighted by molar-refractivity contribution is -0.0498. The molecule has 0 heterocycles. The summed E-state index contributed by atoms with van der Waals surface area (Å²) in [4.78, 5) is 0. The third-order valence-electron chi connectivity index (χ3n) is 4.86. The van der Waals surface area contributed by atoms with Gasteiger partial charge in [-0.05, 0) is 52.8 Å². The van der Waals surface area contributed by atoms with E-state index in [2.05, 4.69) is 42.0 Å². The summed E-state index contributed by atoms with van der Waals surface area (Å²) in [5, 5.41) is 0. The molecular weight excluding hydrogens is 354 g/mol. The Morgan fingerprint density at radius 2 is 1.54 bits per heavy atom. The van der Waals surface area contributed by atoms with Crippen molar-refractivity contribution in [2.45, 2.75) is 45.6 Å². The third-order valence-corrected chi connectivity index (χ3v) is 4.86. The first-order chi connectivity index (χ1) is 13.7. The van der Waals surface area contributed by atoms with Crippen molar-refractivity contribution in [1.82, 2.24) is 0 Å². The molecule has 0 spiro atoms. The van der Waals surface area contributed by atoms with Crippen LogP contribution in [-0.4, -0.2) is 6.61 Å². The maximum atomic E-state index is 12.6. The molecule has 3 heteroatoms. The minimum atomic E-state index is -2.83. The first-order valence-corrected chi connectivity index (χ1v) is 9.91. The van der Waals surface area contributed by atoms with Gasteiger partial charge in [0.1, 0.15) is 5.75 Å². The molecule has 28 heavy (non-hydrogen) atoms. The first kappa shape index (κ1) is 20.1. The summed E-state index contributed by atoms with van der Waals surface area (Å²) >= 11 is 0. The lowest BCUT2D eigenvalue weighted by Gasteiger charge is -2.14. The quantitative estimate of drug-likeness (QED) is 0.345. The minimum Gasteiger partial charge on any atom is -0.435 e. The maximum Gasteiger partial charge on any atom is 0.387 e. The van der Waals surface area contributed by atoms with Gasteiger partial charge in [0.15, 0.2) is 0 Å². The highest BCUT2D eigenvalue weighted by atomic mass is 19.3. The Bertz CT molecular complexity index is 875. The van der Waals surface area contributed by atoms with Gasteiger partial charge in [0.05, 0.1) is 0 Å². The van der Waals surface area contributed by atoms with E-state index in [1.165, 1.54) is 24.8 Å². The van der Waals surface area contributed by atoms with Crippen LogP contribution in [0.3, 0.4) is 0 Å². The van der Waals surface area contributed by atoms with Crippen LogP contribution in [0, 0.1) is 0 Å². The van der Waals surface area contributed by atoms with Crippen molar-refractivity contribution in [1.29, 1.82) is 0 Å². The van der Waals surface area contributed by atoms with Gasteiger partial charge in [0.25, 0.3) is 0 Å². The van der Waals surface area contributed by atoms with E-state index in [1.807, 2.05) is 24.3 Å². The SMILES string of the molecule is CCCCCCc1ccc(-c2ccccc2)c(-c2cccc(OC(F)F)c2)c1. The number of alkyl halides is 2. The Kier molecular flexibility index (Phi) is 7.18. The Labute approximate surface area is 166 Å². The fourth-order valence-electron chi connectivity index (χ4n) is 3.45. The van der Waals surface area contributed by atoms with E-state index in [4.69, 9.17) is 0 Å². The fourth-order valence-corrected chi connectivity index (χ4v) is 3.45. The molecule has 0 saturated heterocycles. The Hall–Kier alpha value is -2.68. The summed E-state index contributed by atoms with van der Waals surface area (Å²) < 4.78 is 29.9. The topological polar surface area (TPSA) is 9.23 Å². The zero-order valence-corrected chi connectivity index (χ0v) is 16.2. The minimum absolute atomic E-state index is 0.180. The lowest BCUT2D eigenvalue weighted by atomic mass is 9.91. The van der Waals surface area contributed by atoms with Gasteiger partial charge in [-0.1, -0.05) is 86.8 Å². The summed E-state index contributed by atoms with van der Waals surface area (Å²) in [5.41, 5.74) is 5.39. The predicted octanol–water partition coefficient (Wildman–Crippen LogP) is 7.74. The van der Waals surface area contributed by atoms with E-state index < -0.39 is 6.61 Å². The monoisotopic (exact) mass is 380 g/mol. The molecule has 0 fully saturated rings. The van der Waals surface area contributed by atoms with Crippen molar-refractivity contribution >= 4 is 0 Å². The first-order valence-electron chi connectivity index (χ1n) is 9.91. The number of ether oxygens (including phenoxy) is 1. The van der Waals surface area contributed by atoms with Crippen LogP contribution in [0.15, 0.2) is 72.8 Å². The van der Waals surface area contributed by atoms with Gasteiger partial charge < -0.3 is 4.74 Å². The van der Waals surface area contributed by atoms with Crippen molar-refractivity contribution in [3.05, 3.63) is 78.4 Å². The molecule has 3 aromatic rings. The van der Waals surface area contributed by atoms with Crippen molar-refractivity contribution in [3.63, 3.8) is 0 Å². The zero-order chi connectivity index (χ0) is 19.8. The van der Waals surface area contributed by atoms with Crippen molar-refractivity contribution in [2.75, 3.05) is 0 Å². The number of unbranched alkanes of at least 4 members (excludes halogenated alkanes) is 3. The summed E-state index contributed by atoms with van der Waals surface area (Å²) in [6.07, 6.45) is 5.88. The van der Waals surface area contributed by atoms with Crippen LogP contribution in [0.1, 0.15) is 38.2 Å². The molecule has 0 radical (unpaired) electrons. The van der Waals surface area contributed by atoms with Crippen LogP contribution in [0.4, 0.5) is 8.78 Å². The van der Waals surface area contributed by atoms with Crippen LogP contribution in [-0.2, 0) is 6.42 Å². The summed E-state index contributed by atoms with van der Waals surface area (Å²) in [6, 6.07) is 23.6. The zero-order valence-electron chi connectivity index (χ0n) is 16.2. The van der Waals surface area contributed by atoms with E-state index in [-0.39, 0.29) is 5.75 Å². The van der Waals surface area contributed by atoms with Crippen molar-refractivity contribution in [3.8, 4) is 28.0 Å². The van der Waals surface area contributed by atoms with Gasteiger partial charge in [0, 0.05) is 0 Å². The Morgan fingerprint density at radius 1 is 0.750 bits per heavy atom. The number of hydrogen-bond donors (Lipinski definition) is 0. The highest BCUT2D eigenvalue weighted by Crippen LogP contribution is 2.35. The molecule has 0 aliphatic carbocycles. The number of rotatable bonds is 9. The summed E-state index contributed by atoms with van der Waals surface area (Å²) in [5.74, 6) is 0.180. The van der Waals surface area contributed by atoms with Gasteiger partial charge >= 0.3 is 6.61 Å². The molecule has 0 N–H and O–H groups in total. The van der Waals surface area contributed by atoms with E-state index in [0.29, 0.717) is 0 Å². The highest BCUT2D eigenvalue weighted by Gasteiger charge is 2.11. The van der Waals surface area contributed by atoms with Crippen LogP contribution in [0.2, 0.25) is 0 Å². The molecule has 0 amide bonds. The third kappa shape index (κ3) is 5.41. The standard InChI is InChI=1S/C25H26F2O/c1-2-3-4-6-10-19-15-16-23(20-11-7-5-8-12-20)24(17-19)21-13-9-14-22(18-21)28-25(26)27/h5,7-9,11-18,25H,2-4,6,10H2,1H3. The van der Waals surface area contributed by atoms with Crippen LogP contribution in [0.25, 0.3) is 22.3 Å². The van der Waals surface area contributed by atoms with Crippen LogP contribution >= 0.6 is 0 Å². The molecule has 0 aromatic heterocycles. The smallest absolute Gasteiger partial charge is 0.387 e. The molecule has 0 unspecified atom stereocenters. The lowest BCUT2D eigenvalue weighted by Crippen LogP contribution is -2.01. The highest BCUT2D eigenvalue weighted by molar-refractivity contribution is 5.84. The predicted molar refractivity (Wildman–Crippen MR) is 112 cm³/mol. The van der Waals surface area contributed by atoms with Crippen LogP contribution < -0.4 is 4.74 Å². The summed E-state index contributed by atoms with van der Waals surface area (Å²) in [6.45, 7) is -0.616. The second-order valence-electron chi connectivity index (χ2n) is 6.96. The number of hydrogen-bond acceptors (Lipinski definition) is 1. The average Bonchev–Trinajstić information content (AvgIpc) is 2.71. The second-order valence-corrected chi connectivity index (χ2v) is 6.96. The molecule has 0 bridgehead atoms. The van der Waals surface area contributed by atoms with Gasteiger partial charge in [-0.2, -0.15) is 8.78 Å². The molecule has 0 aliphatic rings. The number of halogens is 2. The molecule has 1 nitrogen and oxygen atoms in total. The van der Waals surface area contributed by atoms with Crippen molar-refractivity contribution in [2.24, 2.45) is 0 Å². The summed E-state index contributed by atoms with van der Waals surface area (Å²) in [7, 11) is 0. The molecule has 0 saturated carbocycles. The molecule has 0 aliphatic heterocycles. The maximum absolute atomic E-state index is 12.6. The molecule has 0 atom stereocenters. The normalized spacial score (nSPS) is 11.0. The van der Waals surface area contributed by atoms with Gasteiger partial charge in [-0.3, -0.25) is 0 Å². The Balaban J connectivity index is 1.98. The van der Waals surface area contributed by atoms with Gasteiger partial charge in [-0.15, -0.1) is 0 Å². The fraction of sp³-hybridized carbons (Fsp3) is 0.280. The van der Waals surface area contributed by atoms with Crippen molar-refractivity contribution < 1.29 is 13.5 Å². The number of aryl methyl sites for hydroxylation is 1. The Morgan fingerprint density at radius 3 is 2.29 bits per heavy atom.